The first-order chi connectivity index (χ1) is 14.4. The summed E-state index contributed by atoms with van der Waals surface area (Å²) in [4.78, 5) is 21.1. The fourth-order valence-corrected chi connectivity index (χ4v) is 4.93. The summed E-state index contributed by atoms with van der Waals surface area (Å²) in [5.41, 5.74) is 0.988. The Morgan fingerprint density at radius 3 is 2.57 bits per heavy atom. The molecule has 3 aliphatic carbocycles. The first-order valence-electron chi connectivity index (χ1n) is 9.78. The summed E-state index contributed by atoms with van der Waals surface area (Å²) >= 11 is 5.65. The summed E-state index contributed by atoms with van der Waals surface area (Å²) in [6.45, 7) is -0.0576. The molecule has 30 heavy (non-hydrogen) atoms. The molecule has 0 amide bonds. The number of carbonyl (C=O) groups is 1. The second-order valence-corrected chi connectivity index (χ2v) is 8.78. The average Bonchev–Trinajstić information content (AvgIpc) is 3.22. The highest BCUT2D eigenvalue weighted by Crippen LogP contribution is 2.70. The molecule has 1 aromatic carbocycles. The summed E-state index contributed by atoms with van der Waals surface area (Å²) in [5.74, 6) is 0.410. The number of nitrogens with one attached hydrogen (secondary N) is 1. The number of Topliss-reactive ketones (excluding diaryl/α,β-unsaturated/α-hetero) is 1. The van der Waals surface area contributed by atoms with E-state index in [-0.39, 0.29) is 28.4 Å². The van der Waals surface area contributed by atoms with Crippen LogP contribution < -0.4 is 10.1 Å². The topological polar surface area (TPSA) is 69.0 Å². The van der Waals surface area contributed by atoms with Crippen LogP contribution in [0.2, 0.25) is 5.02 Å². The van der Waals surface area contributed by atoms with E-state index in [0.717, 1.165) is 24.9 Å². The van der Waals surface area contributed by atoms with Gasteiger partial charge in [-0.15, -0.1) is 0 Å². The van der Waals surface area contributed by atoms with Crippen molar-refractivity contribution in [3.8, 4) is 11.7 Å². The summed E-state index contributed by atoms with van der Waals surface area (Å²) in [5, 5.41) is 3.56. The number of nitrogens with zero attached hydrogens (tertiary/aromatic N) is 3. The number of hydrogen-bond acceptors (Lipinski definition) is 5. The lowest BCUT2D eigenvalue weighted by molar-refractivity contribution is -0.147. The van der Waals surface area contributed by atoms with Crippen molar-refractivity contribution in [3.63, 3.8) is 0 Å². The molecule has 0 aliphatic heterocycles. The first kappa shape index (κ1) is 19.1. The normalized spacial score (nSPS) is 23.9. The molecular formula is C22H20ClFN4O2. The number of ether oxygens (including phenoxy) is 1. The van der Waals surface area contributed by atoms with Gasteiger partial charge in [-0.3, -0.25) is 9.36 Å². The minimum Gasteiger partial charge on any atom is -0.486 e. The zero-order valence-corrected chi connectivity index (χ0v) is 16.9. The third-order valence-electron chi connectivity index (χ3n) is 5.89. The van der Waals surface area contributed by atoms with Crippen molar-refractivity contribution < 1.29 is 13.9 Å². The molecule has 6 rings (SSSR count). The molecule has 2 bridgehead atoms. The van der Waals surface area contributed by atoms with Crippen molar-refractivity contribution in [2.45, 2.75) is 31.2 Å². The highest BCUT2D eigenvalue weighted by atomic mass is 35.5. The predicted molar refractivity (Wildman–Crippen MR) is 111 cm³/mol. The quantitative estimate of drug-likeness (QED) is 0.577. The molecular weight excluding hydrogens is 407 g/mol. The van der Waals surface area contributed by atoms with Crippen LogP contribution in [0.4, 0.5) is 10.1 Å². The van der Waals surface area contributed by atoms with E-state index >= 15 is 0 Å². The minimum absolute atomic E-state index is 0.0260. The maximum atomic E-state index is 13.4. The van der Waals surface area contributed by atoms with Crippen molar-refractivity contribution in [2.75, 3.05) is 11.9 Å². The molecule has 0 unspecified atom stereocenters. The van der Waals surface area contributed by atoms with Gasteiger partial charge in [0.1, 0.15) is 18.2 Å². The number of hydrogen-bond donors (Lipinski definition) is 1. The van der Waals surface area contributed by atoms with Gasteiger partial charge in [0.25, 0.3) is 0 Å². The number of aromatic nitrogens is 3. The number of halogens is 2. The Bertz CT molecular complexity index is 1070. The van der Waals surface area contributed by atoms with Crippen LogP contribution >= 0.6 is 11.6 Å². The first-order valence-corrected chi connectivity index (χ1v) is 10.2. The number of ketones is 1. The largest absolute Gasteiger partial charge is 0.486 e. The third kappa shape index (κ3) is 3.54. The van der Waals surface area contributed by atoms with Crippen molar-refractivity contribution >= 4 is 23.1 Å². The van der Waals surface area contributed by atoms with Gasteiger partial charge in [-0.2, -0.15) is 0 Å². The van der Waals surface area contributed by atoms with Crippen LogP contribution in [-0.2, 0) is 4.79 Å². The Labute approximate surface area is 178 Å². The monoisotopic (exact) mass is 426 g/mol. The van der Waals surface area contributed by atoms with Crippen molar-refractivity contribution in [1.82, 2.24) is 14.5 Å². The summed E-state index contributed by atoms with van der Waals surface area (Å²) in [7, 11) is 0. The van der Waals surface area contributed by atoms with Crippen LogP contribution in [0, 0.1) is 11.2 Å². The van der Waals surface area contributed by atoms with E-state index in [9.17, 15) is 9.18 Å². The highest BCUT2D eigenvalue weighted by Gasteiger charge is 2.68. The van der Waals surface area contributed by atoms with Crippen LogP contribution in [0.3, 0.4) is 0 Å². The van der Waals surface area contributed by atoms with Gasteiger partial charge < -0.3 is 10.1 Å². The Morgan fingerprint density at radius 2 is 1.90 bits per heavy atom. The summed E-state index contributed by atoms with van der Waals surface area (Å²) in [6.07, 6.45) is 10.7. The van der Waals surface area contributed by atoms with E-state index in [1.165, 1.54) is 12.1 Å². The molecule has 3 saturated carbocycles. The lowest BCUT2D eigenvalue weighted by Gasteiger charge is -2.71. The zero-order valence-electron chi connectivity index (χ0n) is 16.1. The molecule has 6 nitrogen and oxygen atoms in total. The second kappa shape index (κ2) is 7.09. The molecule has 3 fully saturated rings. The van der Waals surface area contributed by atoms with Crippen molar-refractivity contribution in [1.29, 1.82) is 0 Å². The number of anilines is 1. The molecule has 0 spiro atoms. The SMILES string of the molecule is O=C(COc1ccc(Cl)c(F)c1)CC12CC(Nc3cnc(-n4cccc4)nc3)(C1)C2. The van der Waals surface area contributed by atoms with E-state index in [0.29, 0.717) is 18.1 Å². The summed E-state index contributed by atoms with van der Waals surface area (Å²) < 4.78 is 20.7. The fraction of sp³-hybridized carbons (Fsp3) is 0.318. The highest BCUT2D eigenvalue weighted by molar-refractivity contribution is 6.30. The molecule has 154 valence electrons. The van der Waals surface area contributed by atoms with E-state index in [4.69, 9.17) is 16.3 Å². The van der Waals surface area contributed by atoms with Crippen molar-refractivity contribution in [3.05, 3.63) is 66.0 Å². The van der Waals surface area contributed by atoms with Gasteiger partial charge in [-0.1, -0.05) is 11.6 Å². The van der Waals surface area contributed by atoms with Crippen LogP contribution in [0.1, 0.15) is 25.7 Å². The molecule has 1 N–H and O–H groups in total. The average molecular weight is 427 g/mol. The molecule has 3 aliphatic rings. The second-order valence-electron chi connectivity index (χ2n) is 8.38. The number of rotatable bonds is 8. The van der Waals surface area contributed by atoms with Gasteiger partial charge in [0.05, 0.1) is 23.1 Å². The number of benzene rings is 1. The molecule has 3 aromatic rings. The van der Waals surface area contributed by atoms with Crippen molar-refractivity contribution in [2.24, 2.45) is 5.41 Å². The molecule has 0 atom stereocenters. The van der Waals surface area contributed by atoms with Crippen LogP contribution in [-0.4, -0.2) is 32.5 Å². The smallest absolute Gasteiger partial charge is 0.233 e. The number of carbonyl (C=O) groups excluding carboxylic acids is 1. The molecule has 0 saturated heterocycles. The van der Waals surface area contributed by atoms with Gasteiger partial charge in [0.2, 0.25) is 5.95 Å². The Hall–Kier alpha value is -2.93. The van der Waals surface area contributed by atoms with E-state index in [2.05, 4.69) is 15.3 Å². The summed E-state index contributed by atoms with van der Waals surface area (Å²) in [6, 6.07) is 8.03. The maximum absolute atomic E-state index is 13.4. The fourth-order valence-electron chi connectivity index (χ4n) is 4.81. The van der Waals surface area contributed by atoms with Gasteiger partial charge in [0, 0.05) is 30.4 Å². The van der Waals surface area contributed by atoms with Crippen LogP contribution in [0.25, 0.3) is 5.95 Å². The van der Waals surface area contributed by atoms with Crippen LogP contribution in [0.5, 0.6) is 5.75 Å². The zero-order chi connectivity index (χ0) is 20.8. The Morgan fingerprint density at radius 1 is 1.20 bits per heavy atom. The minimum atomic E-state index is -0.556. The molecule has 2 aromatic heterocycles. The van der Waals surface area contributed by atoms with Gasteiger partial charge >= 0.3 is 0 Å². The maximum Gasteiger partial charge on any atom is 0.233 e. The molecule has 8 heteroatoms. The Kier molecular flexibility index (Phi) is 4.50. The van der Waals surface area contributed by atoms with E-state index < -0.39 is 5.82 Å². The third-order valence-corrected chi connectivity index (χ3v) is 6.19. The molecule has 0 radical (unpaired) electrons. The van der Waals surface area contributed by atoms with Gasteiger partial charge in [-0.05, 0) is 48.9 Å². The molecule has 2 heterocycles. The standard InChI is InChI=1S/C22H20ClFN4O2/c23-18-4-3-17(7-19(18)24)30-11-16(29)8-21-12-22(13-21,14-21)27-15-9-25-20(26-10-15)28-5-1-2-6-28/h1-7,9-10,27H,8,11-14H2. The van der Waals surface area contributed by atoms with Gasteiger partial charge in [-0.25, -0.2) is 14.4 Å². The van der Waals surface area contributed by atoms with Gasteiger partial charge in [0.15, 0.2) is 5.78 Å². The predicted octanol–water partition coefficient (Wildman–Crippen LogP) is 4.43. The van der Waals surface area contributed by atoms with Crippen LogP contribution in [0.15, 0.2) is 55.1 Å². The lowest BCUT2D eigenvalue weighted by atomic mass is 9.38. The van der Waals surface area contributed by atoms with E-state index in [1.807, 2.05) is 29.1 Å². The Balaban J connectivity index is 1.10. The van der Waals surface area contributed by atoms with E-state index in [1.54, 1.807) is 18.5 Å². The lowest BCUT2D eigenvalue weighted by Crippen LogP contribution is -2.71.